The van der Waals surface area contributed by atoms with Crippen molar-refractivity contribution in [2.24, 2.45) is 5.92 Å². The van der Waals surface area contributed by atoms with Gasteiger partial charge >= 0.3 is 0 Å². The second-order valence-electron chi connectivity index (χ2n) is 5.62. The van der Waals surface area contributed by atoms with Gasteiger partial charge in [-0.3, -0.25) is 0 Å². The van der Waals surface area contributed by atoms with Gasteiger partial charge in [-0.15, -0.1) is 0 Å². The summed E-state index contributed by atoms with van der Waals surface area (Å²) < 4.78 is 0. The zero-order valence-corrected chi connectivity index (χ0v) is 14.2. The smallest absolute Gasteiger partial charge is 0.191 e. The highest BCUT2D eigenvalue weighted by atomic mass is 32.2. The Balaban J connectivity index is 1.83. The lowest BCUT2D eigenvalue weighted by molar-refractivity contribution is 0.215. The van der Waals surface area contributed by atoms with Crippen LogP contribution in [0.1, 0.15) is 26.2 Å². The Morgan fingerprint density at radius 2 is 1.90 bits per heavy atom. The summed E-state index contributed by atoms with van der Waals surface area (Å²) in [6.07, 6.45) is 5.87. The third-order valence-electron chi connectivity index (χ3n) is 3.94. The molecule has 2 heterocycles. The van der Waals surface area contributed by atoms with E-state index in [0.717, 1.165) is 35.8 Å². The maximum Gasteiger partial charge on any atom is 0.191 e. The van der Waals surface area contributed by atoms with Crippen molar-refractivity contribution >= 4 is 23.4 Å². The van der Waals surface area contributed by atoms with Crippen LogP contribution in [0.5, 0.6) is 0 Å². The zero-order chi connectivity index (χ0) is 15.1. The van der Waals surface area contributed by atoms with Gasteiger partial charge in [-0.2, -0.15) is 0 Å². The molecule has 1 saturated heterocycles. The van der Waals surface area contributed by atoms with Gasteiger partial charge in [0.2, 0.25) is 0 Å². The molecular weight excluding hydrogens is 282 g/mol. The average Bonchev–Trinajstić information content (AvgIpc) is 2.49. The molecular formula is C15H27N5S. The number of hydrogen-bond donors (Lipinski definition) is 2. The molecule has 0 bridgehead atoms. The van der Waals surface area contributed by atoms with Crippen LogP contribution in [-0.4, -0.2) is 54.4 Å². The van der Waals surface area contributed by atoms with E-state index in [1.165, 1.54) is 32.4 Å². The summed E-state index contributed by atoms with van der Waals surface area (Å²) in [5.74, 6) is 2.68. The Morgan fingerprint density at radius 3 is 2.52 bits per heavy atom. The minimum Gasteiger partial charge on any atom is -0.370 e. The molecule has 1 aliphatic heterocycles. The van der Waals surface area contributed by atoms with Crippen LogP contribution in [0.25, 0.3) is 0 Å². The van der Waals surface area contributed by atoms with E-state index in [1.54, 1.807) is 11.8 Å². The number of likely N-dealkylation sites (tertiary alicyclic amines) is 1. The fourth-order valence-electron chi connectivity index (χ4n) is 2.63. The lowest BCUT2D eigenvalue weighted by atomic mass is 9.94. The molecule has 2 N–H and O–H groups in total. The number of hydrogen-bond acceptors (Lipinski definition) is 6. The van der Waals surface area contributed by atoms with Crippen LogP contribution in [0.4, 0.5) is 11.6 Å². The second kappa shape index (κ2) is 8.44. The summed E-state index contributed by atoms with van der Waals surface area (Å²) >= 11 is 1.58. The van der Waals surface area contributed by atoms with Crippen molar-refractivity contribution < 1.29 is 0 Å². The Bertz CT molecular complexity index is 432. The molecule has 0 aromatic carbocycles. The summed E-state index contributed by atoms with van der Waals surface area (Å²) in [4.78, 5) is 11.4. The molecule has 1 aromatic rings. The maximum absolute atomic E-state index is 4.52. The summed E-state index contributed by atoms with van der Waals surface area (Å²) in [6.45, 7) is 6.41. The Hall–Kier alpha value is -1.01. The summed E-state index contributed by atoms with van der Waals surface area (Å²) in [6, 6.07) is 2.00. The van der Waals surface area contributed by atoms with Gasteiger partial charge in [0, 0.05) is 19.2 Å². The van der Waals surface area contributed by atoms with Gasteiger partial charge < -0.3 is 15.5 Å². The Labute approximate surface area is 132 Å². The molecule has 0 saturated carbocycles. The molecule has 1 aromatic heterocycles. The molecule has 0 amide bonds. The molecule has 0 atom stereocenters. The normalized spacial score (nSPS) is 16.9. The fraction of sp³-hybridized carbons (Fsp3) is 0.733. The van der Waals surface area contributed by atoms with Crippen molar-refractivity contribution in [1.82, 2.24) is 14.9 Å². The standard InChI is InChI=1S/C15H27N5S/c1-4-16-13-11-14(19-15(18-13)21-3)17-8-5-12-6-9-20(2)10-7-12/h11-12H,4-10H2,1-3H3,(H2,16,17,18,19). The van der Waals surface area contributed by atoms with E-state index in [0.29, 0.717) is 0 Å². The van der Waals surface area contributed by atoms with E-state index in [-0.39, 0.29) is 0 Å². The monoisotopic (exact) mass is 309 g/mol. The maximum atomic E-state index is 4.52. The minimum atomic E-state index is 0.815. The van der Waals surface area contributed by atoms with Gasteiger partial charge in [0.25, 0.3) is 0 Å². The van der Waals surface area contributed by atoms with Crippen LogP contribution in [-0.2, 0) is 0 Å². The first-order chi connectivity index (χ1) is 10.2. The number of aromatic nitrogens is 2. The topological polar surface area (TPSA) is 53.1 Å². The molecule has 6 heteroatoms. The minimum absolute atomic E-state index is 0.815. The van der Waals surface area contributed by atoms with Crippen molar-refractivity contribution in [1.29, 1.82) is 0 Å². The van der Waals surface area contributed by atoms with E-state index >= 15 is 0 Å². The summed E-state index contributed by atoms with van der Waals surface area (Å²) in [5, 5.41) is 7.53. The number of nitrogens with zero attached hydrogens (tertiary/aromatic N) is 3. The number of anilines is 2. The number of nitrogens with one attached hydrogen (secondary N) is 2. The number of thioether (sulfide) groups is 1. The summed E-state index contributed by atoms with van der Waals surface area (Å²) in [7, 11) is 2.21. The predicted molar refractivity (Wildman–Crippen MR) is 91.3 cm³/mol. The van der Waals surface area contributed by atoms with Gasteiger partial charge in [0.15, 0.2) is 5.16 Å². The molecule has 0 radical (unpaired) electrons. The fourth-order valence-corrected chi connectivity index (χ4v) is 3.01. The molecule has 1 aliphatic rings. The van der Waals surface area contributed by atoms with Crippen molar-refractivity contribution in [2.75, 3.05) is 50.1 Å². The first kappa shape index (κ1) is 16.4. The first-order valence-corrected chi connectivity index (χ1v) is 9.03. The molecule has 0 spiro atoms. The molecule has 2 rings (SSSR count). The van der Waals surface area contributed by atoms with E-state index < -0.39 is 0 Å². The van der Waals surface area contributed by atoms with Crippen LogP contribution in [0.2, 0.25) is 0 Å². The number of piperidine rings is 1. The third-order valence-corrected chi connectivity index (χ3v) is 4.49. The van der Waals surface area contributed by atoms with E-state index in [1.807, 2.05) is 12.3 Å². The van der Waals surface area contributed by atoms with Gasteiger partial charge in [-0.1, -0.05) is 11.8 Å². The van der Waals surface area contributed by atoms with Crippen molar-refractivity contribution in [3.8, 4) is 0 Å². The average molecular weight is 309 g/mol. The Kier molecular flexibility index (Phi) is 6.57. The van der Waals surface area contributed by atoms with E-state index in [9.17, 15) is 0 Å². The largest absolute Gasteiger partial charge is 0.370 e. The number of rotatable bonds is 7. The van der Waals surface area contributed by atoms with Gasteiger partial charge in [-0.25, -0.2) is 9.97 Å². The SMILES string of the molecule is CCNc1cc(NCCC2CCN(C)CC2)nc(SC)n1. The van der Waals surface area contributed by atoms with Gasteiger partial charge in [-0.05, 0) is 58.5 Å². The van der Waals surface area contributed by atoms with Crippen LogP contribution in [0.3, 0.4) is 0 Å². The lowest BCUT2D eigenvalue weighted by Crippen LogP contribution is -2.30. The van der Waals surface area contributed by atoms with Crippen molar-refractivity contribution in [3.63, 3.8) is 0 Å². The predicted octanol–water partition coefficient (Wildman–Crippen LogP) is 2.77. The highest BCUT2D eigenvalue weighted by Gasteiger charge is 2.16. The highest BCUT2D eigenvalue weighted by Crippen LogP contribution is 2.21. The lowest BCUT2D eigenvalue weighted by Gasteiger charge is -2.28. The molecule has 0 aliphatic carbocycles. The zero-order valence-electron chi connectivity index (χ0n) is 13.4. The van der Waals surface area contributed by atoms with E-state index in [2.05, 4.69) is 39.5 Å². The second-order valence-corrected chi connectivity index (χ2v) is 6.39. The van der Waals surface area contributed by atoms with Gasteiger partial charge in [0.1, 0.15) is 11.6 Å². The molecule has 1 fully saturated rings. The van der Waals surface area contributed by atoms with Crippen LogP contribution < -0.4 is 10.6 Å². The van der Waals surface area contributed by atoms with E-state index in [4.69, 9.17) is 0 Å². The molecule has 118 valence electrons. The quantitative estimate of drug-likeness (QED) is 0.597. The molecule has 0 unspecified atom stereocenters. The van der Waals surface area contributed by atoms with Crippen molar-refractivity contribution in [3.05, 3.63) is 6.07 Å². The van der Waals surface area contributed by atoms with Crippen LogP contribution in [0, 0.1) is 5.92 Å². The highest BCUT2D eigenvalue weighted by molar-refractivity contribution is 7.98. The van der Waals surface area contributed by atoms with Crippen LogP contribution >= 0.6 is 11.8 Å². The third kappa shape index (κ3) is 5.36. The van der Waals surface area contributed by atoms with Crippen LogP contribution in [0.15, 0.2) is 11.2 Å². The molecule has 5 nitrogen and oxygen atoms in total. The first-order valence-electron chi connectivity index (χ1n) is 7.80. The Morgan fingerprint density at radius 1 is 1.24 bits per heavy atom. The molecule has 21 heavy (non-hydrogen) atoms. The van der Waals surface area contributed by atoms with Crippen molar-refractivity contribution in [2.45, 2.75) is 31.3 Å². The summed E-state index contributed by atoms with van der Waals surface area (Å²) in [5.41, 5.74) is 0. The van der Waals surface area contributed by atoms with Gasteiger partial charge in [0.05, 0.1) is 0 Å².